The topological polar surface area (TPSA) is 52.7 Å². The van der Waals surface area contributed by atoms with Crippen molar-refractivity contribution >= 4 is 15.7 Å². The average molecular weight is 271 g/mol. The molecule has 0 aromatic heterocycles. The van der Waals surface area contributed by atoms with E-state index < -0.39 is 10.0 Å². The first kappa shape index (κ1) is 14.9. The molecule has 0 aliphatic carbocycles. The van der Waals surface area contributed by atoms with Gasteiger partial charge in [0.2, 0.25) is 10.0 Å². The Kier molecular flexibility index (Phi) is 5.13. The van der Waals surface area contributed by atoms with Crippen LogP contribution in [0.5, 0.6) is 0 Å². The van der Waals surface area contributed by atoms with Crippen molar-refractivity contribution in [2.45, 2.75) is 4.90 Å². The maximum Gasteiger partial charge on any atom is 0.244 e. The number of sulfonamides is 1. The SMILES string of the molecule is CNCCN(C)c1ccccc1S(=O)(=O)N(C)C. The van der Waals surface area contributed by atoms with Crippen LogP contribution in [0.15, 0.2) is 29.2 Å². The lowest BCUT2D eigenvalue weighted by atomic mass is 10.3. The molecule has 18 heavy (non-hydrogen) atoms. The van der Waals surface area contributed by atoms with Crippen molar-refractivity contribution < 1.29 is 8.42 Å². The van der Waals surface area contributed by atoms with Crippen LogP contribution in [0.3, 0.4) is 0 Å². The Labute approximate surface area is 109 Å². The molecule has 1 rings (SSSR count). The highest BCUT2D eigenvalue weighted by atomic mass is 32.2. The zero-order chi connectivity index (χ0) is 13.8. The Morgan fingerprint density at radius 2 is 1.78 bits per heavy atom. The average Bonchev–Trinajstić information content (AvgIpc) is 2.35. The van der Waals surface area contributed by atoms with E-state index in [2.05, 4.69) is 5.32 Å². The number of likely N-dealkylation sites (N-methyl/N-ethyl adjacent to an activating group) is 2. The summed E-state index contributed by atoms with van der Waals surface area (Å²) in [6, 6.07) is 7.05. The number of anilines is 1. The summed E-state index contributed by atoms with van der Waals surface area (Å²) in [6.07, 6.45) is 0. The van der Waals surface area contributed by atoms with Crippen LogP contribution >= 0.6 is 0 Å². The summed E-state index contributed by atoms with van der Waals surface area (Å²) in [6.45, 7) is 1.54. The molecule has 0 aliphatic heterocycles. The molecule has 0 heterocycles. The van der Waals surface area contributed by atoms with Crippen LogP contribution in [0.25, 0.3) is 0 Å². The van der Waals surface area contributed by atoms with E-state index in [1.807, 2.05) is 31.1 Å². The first-order chi connectivity index (χ1) is 8.41. The summed E-state index contributed by atoms with van der Waals surface area (Å²) in [5.41, 5.74) is 0.724. The molecule has 0 spiro atoms. The zero-order valence-electron chi connectivity index (χ0n) is 11.3. The second kappa shape index (κ2) is 6.17. The van der Waals surface area contributed by atoms with Crippen molar-refractivity contribution in [3.8, 4) is 0 Å². The second-order valence-corrected chi connectivity index (χ2v) is 6.40. The lowest BCUT2D eigenvalue weighted by Crippen LogP contribution is -2.30. The van der Waals surface area contributed by atoms with Crippen LogP contribution in [0.1, 0.15) is 0 Å². The number of nitrogens with one attached hydrogen (secondary N) is 1. The van der Waals surface area contributed by atoms with Crippen LogP contribution < -0.4 is 10.2 Å². The second-order valence-electron chi connectivity index (χ2n) is 4.28. The van der Waals surface area contributed by atoms with Crippen LogP contribution in [0, 0.1) is 0 Å². The van der Waals surface area contributed by atoms with E-state index in [9.17, 15) is 8.42 Å². The molecule has 0 bridgehead atoms. The fraction of sp³-hybridized carbons (Fsp3) is 0.500. The summed E-state index contributed by atoms with van der Waals surface area (Å²) in [4.78, 5) is 2.28. The van der Waals surface area contributed by atoms with Gasteiger partial charge in [-0.3, -0.25) is 0 Å². The summed E-state index contributed by atoms with van der Waals surface area (Å²) in [5.74, 6) is 0. The molecule has 0 amide bonds. The molecule has 0 radical (unpaired) electrons. The van der Waals surface area contributed by atoms with Crippen molar-refractivity contribution in [2.24, 2.45) is 0 Å². The molecule has 0 fully saturated rings. The van der Waals surface area contributed by atoms with Crippen LogP contribution in [-0.4, -0.2) is 54.0 Å². The van der Waals surface area contributed by atoms with Gasteiger partial charge in [0.15, 0.2) is 0 Å². The molecule has 0 atom stereocenters. The minimum atomic E-state index is -3.41. The predicted octanol–water partition coefficient (Wildman–Crippen LogP) is 0.592. The van der Waals surface area contributed by atoms with Crippen LogP contribution in [0.2, 0.25) is 0 Å². The van der Waals surface area contributed by atoms with E-state index in [-0.39, 0.29) is 0 Å². The molecule has 1 aromatic rings. The third kappa shape index (κ3) is 3.22. The Hall–Kier alpha value is -1.11. The van der Waals surface area contributed by atoms with Crippen molar-refractivity contribution in [3.63, 3.8) is 0 Å². The molecule has 1 aromatic carbocycles. The lowest BCUT2D eigenvalue weighted by Gasteiger charge is -2.23. The highest BCUT2D eigenvalue weighted by Crippen LogP contribution is 2.25. The van der Waals surface area contributed by atoms with Gasteiger partial charge < -0.3 is 10.2 Å². The number of nitrogens with zero attached hydrogens (tertiary/aromatic N) is 2. The smallest absolute Gasteiger partial charge is 0.244 e. The third-order valence-corrected chi connectivity index (χ3v) is 4.59. The highest BCUT2D eigenvalue weighted by molar-refractivity contribution is 7.89. The molecule has 5 nitrogen and oxygen atoms in total. The minimum Gasteiger partial charge on any atom is -0.372 e. The van der Waals surface area contributed by atoms with Gasteiger partial charge in [-0.15, -0.1) is 0 Å². The van der Waals surface area contributed by atoms with E-state index in [1.54, 1.807) is 26.2 Å². The Morgan fingerprint density at radius 3 is 2.33 bits per heavy atom. The number of rotatable bonds is 6. The van der Waals surface area contributed by atoms with Gasteiger partial charge >= 0.3 is 0 Å². The largest absolute Gasteiger partial charge is 0.372 e. The van der Waals surface area contributed by atoms with Gasteiger partial charge in [0.25, 0.3) is 0 Å². The zero-order valence-corrected chi connectivity index (χ0v) is 12.2. The summed E-state index contributed by atoms with van der Waals surface area (Å²) < 4.78 is 25.7. The Morgan fingerprint density at radius 1 is 1.17 bits per heavy atom. The van der Waals surface area contributed by atoms with Gasteiger partial charge in [0.05, 0.1) is 5.69 Å². The van der Waals surface area contributed by atoms with Gasteiger partial charge in [0, 0.05) is 34.2 Å². The summed E-state index contributed by atoms with van der Waals surface area (Å²) in [5, 5.41) is 3.05. The van der Waals surface area contributed by atoms with E-state index in [0.717, 1.165) is 18.8 Å². The Bertz CT molecular complexity index is 486. The van der Waals surface area contributed by atoms with Gasteiger partial charge in [-0.05, 0) is 19.2 Å². The molecule has 0 saturated heterocycles. The number of para-hydroxylation sites is 1. The first-order valence-corrected chi connectivity index (χ1v) is 7.22. The molecule has 0 saturated carbocycles. The first-order valence-electron chi connectivity index (χ1n) is 5.78. The van der Waals surface area contributed by atoms with E-state index in [4.69, 9.17) is 0 Å². The minimum absolute atomic E-state index is 0.341. The molecular formula is C12H21N3O2S. The van der Waals surface area contributed by atoms with Gasteiger partial charge in [-0.25, -0.2) is 12.7 Å². The highest BCUT2D eigenvalue weighted by Gasteiger charge is 2.22. The van der Waals surface area contributed by atoms with E-state index in [0.29, 0.717) is 4.90 Å². The van der Waals surface area contributed by atoms with Gasteiger partial charge in [0.1, 0.15) is 4.90 Å². The molecular weight excluding hydrogens is 250 g/mol. The summed E-state index contributed by atoms with van der Waals surface area (Å²) in [7, 11) is 3.44. The van der Waals surface area contributed by atoms with Crippen molar-refractivity contribution in [3.05, 3.63) is 24.3 Å². The number of hydrogen-bond donors (Lipinski definition) is 1. The summed E-state index contributed by atoms with van der Waals surface area (Å²) >= 11 is 0. The van der Waals surface area contributed by atoms with Crippen molar-refractivity contribution in [2.75, 3.05) is 46.2 Å². The van der Waals surface area contributed by atoms with E-state index in [1.165, 1.54) is 4.31 Å². The standard InChI is InChI=1S/C12H21N3O2S/c1-13-9-10-15(4)11-7-5-6-8-12(11)18(16,17)14(2)3/h5-8,13H,9-10H2,1-4H3. The molecule has 102 valence electrons. The molecule has 1 N–H and O–H groups in total. The number of hydrogen-bond acceptors (Lipinski definition) is 4. The van der Waals surface area contributed by atoms with Gasteiger partial charge in [-0.1, -0.05) is 12.1 Å². The third-order valence-electron chi connectivity index (χ3n) is 2.73. The Balaban J connectivity index is 3.15. The lowest BCUT2D eigenvalue weighted by molar-refractivity contribution is 0.520. The van der Waals surface area contributed by atoms with E-state index >= 15 is 0 Å². The number of benzene rings is 1. The molecule has 0 unspecified atom stereocenters. The molecule has 0 aliphatic rings. The predicted molar refractivity (Wildman–Crippen MR) is 74.5 cm³/mol. The van der Waals surface area contributed by atoms with Gasteiger partial charge in [-0.2, -0.15) is 0 Å². The normalized spacial score (nSPS) is 11.8. The van der Waals surface area contributed by atoms with Crippen LogP contribution in [0.4, 0.5) is 5.69 Å². The van der Waals surface area contributed by atoms with Crippen molar-refractivity contribution in [1.82, 2.24) is 9.62 Å². The monoisotopic (exact) mass is 271 g/mol. The fourth-order valence-electron chi connectivity index (χ4n) is 1.59. The fourth-order valence-corrected chi connectivity index (χ4v) is 2.72. The quantitative estimate of drug-likeness (QED) is 0.823. The molecule has 6 heteroatoms. The van der Waals surface area contributed by atoms with Crippen molar-refractivity contribution in [1.29, 1.82) is 0 Å². The maximum absolute atomic E-state index is 12.2. The van der Waals surface area contributed by atoms with Crippen LogP contribution in [-0.2, 0) is 10.0 Å². The maximum atomic E-state index is 12.2.